The van der Waals surface area contributed by atoms with Gasteiger partial charge in [0.2, 0.25) is 0 Å². The van der Waals surface area contributed by atoms with Crippen LogP contribution < -0.4 is 5.73 Å². The maximum absolute atomic E-state index is 6.21. The van der Waals surface area contributed by atoms with Crippen molar-refractivity contribution in [3.63, 3.8) is 0 Å². The molecule has 0 aromatic carbocycles. The van der Waals surface area contributed by atoms with E-state index in [4.69, 9.17) is 5.73 Å². The summed E-state index contributed by atoms with van der Waals surface area (Å²) in [6.45, 7) is 4.30. The summed E-state index contributed by atoms with van der Waals surface area (Å²) in [6, 6.07) is 3.00. The summed E-state index contributed by atoms with van der Waals surface area (Å²) in [7, 11) is 2.25. The summed E-state index contributed by atoms with van der Waals surface area (Å²) >= 11 is 5.32. The molecule has 0 aliphatic carbocycles. The molecule has 1 aromatic heterocycles. The summed E-state index contributed by atoms with van der Waals surface area (Å²) in [6.07, 6.45) is 5.18. The van der Waals surface area contributed by atoms with Crippen LogP contribution in [0.1, 0.15) is 31.2 Å². The molecule has 5 heteroatoms. The maximum atomic E-state index is 6.21. The Bertz CT molecular complexity index is 464. The van der Waals surface area contributed by atoms with E-state index in [0.717, 1.165) is 19.1 Å². The predicted octanol–water partition coefficient (Wildman–Crippen LogP) is 2.90. The molecule has 2 aliphatic heterocycles. The van der Waals surface area contributed by atoms with Gasteiger partial charge >= 0.3 is 0 Å². The van der Waals surface area contributed by atoms with Crippen molar-refractivity contribution in [2.24, 2.45) is 5.73 Å². The Balaban J connectivity index is 1.71. The van der Waals surface area contributed by atoms with Gasteiger partial charge in [0, 0.05) is 31.2 Å². The van der Waals surface area contributed by atoms with Crippen molar-refractivity contribution in [3.8, 4) is 0 Å². The highest BCUT2D eigenvalue weighted by molar-refractivity contribution is 9.11. The zero-order chi connectivity index (χ0) is 14.2. The molecule has 0 saturated carbocycles. The molecule has 0 spiro atoms. The lowest BCUT2D eigenvalue weighted by Crippen LogP contribution is -2.59. The van der Waals surface area contributed by atoms with E-state index in [0.29, 0.717) is 0 Å². The Morgan fingerprint density at radius 1 is 1.55 bits per heavy atom. The topological polar surface area (TPSA) is 32.5 Å². The number of nitrogens with two attached hydrogens (primary N) is 1. The molecule has 1 aromatic rings. The molecule has 2 saturated heterocycles. The van der Waals surface area contributed by atoms with E-state index in [1.165, 1.54) is 48.1 Å². The number of piperidine rings is 1. The number of thiophene rings is 1. The van der Waals surface area contributed by atoms with Crippen LogP contribution in [0, 0.1) is 0 Å². The second kappa shape index (κ2) is 6.05. The number of rotatable bonds is 4. The van der Waals surface area contributed by atoms with E-state index >= 15 is 0 Å². The molecule has 20 heavy (non-hydrogen) atoms. The van der Waals surface area contributed by atoms with Gasteiger partial charge in [-0.05, 0) is 72.2 Å². The minimum Gasteiger partial charge on any atom is -0.329 e. The third-order valence-electron chi connectivity index (χ3n) is 5.21. The lowest BCUT2D eigenvalue weighted by Gasteiger charge is -2.49. The van der Waals surface area contributed by atoms with Crippen molar-refractivity contribution in [2.75, 3.05) is 26.7 Å². The summed E-state index contributed by atoms with van der Waals surface area (Å²) < 4.78 is 1.22. The third kappa shape index (κ3) is 2.83. The highest BCUT2D eigenvalue weighted by Crippen LogP contribution is 2.36. The van der Waals surface area contributed by atoms with Gasteiger partial charge in [-0.15, -0.1) is 11.3 Å². The molecule has 2 unspecified atom stereocenters. The molecular weight excluding hydrogens is 334 g/mol. The Morgan fingerprint density at radius 3 is 3.10 bits per heavy atom. The van der Waals surface area contributed by atoms with Crippen molar-refractivity contribution in [1.82, 2.24) is 9.80 Å². The van der Waals surface area contributed by atoms with Gasteiger partial charge < -0.3 is 10.6 Å². The molecule has 0 radical (unpaired) electrons. The van der Waals surface area contributed by atoms with E-state index in [2.05, 4.69) is 44.2 Å². The predicted molar refractivity (Wildman–Crippen MR) is 89.1 cm³/mol. The lowest BCUT2D eigenvalue weighted by molar-refractivity contribution is 0.0221. The van der Waals surface area contributed by atoms with Gasteiger partial charge in [-0.25, -0.2) is 0 Å². The minimum atomic E-state index is 0.194. The molecule has 2 fully saturated rings. The quantitative estimate of drug-likeness (QED) is 0.898. The fourth-order valence-corrected chi connectivity index (χ4v) is 5.07. The zero-order valence-electron chi connectivity index (χ0n) is 12.1. The first-order valence-corrected chi connectivity index (χ1v) is 9.18. The molecular formula is C15H24BrN3S. The van der Waals surface area contributed by atoms with Gasteiger partial charge in [-0.3, -0.25) is 4.90 Å². The number of nitrogens with zero attached hydrogens (tertiary/aromatic N) is 2. The van der Waals surface area contributed by atoms with Crippen LogP contribution in [-0.2, 0) is 6.54 Å². The molecule has 2 atom stereocenters. The summed E-state index contributed by atoms with van der Waals surface area (Å²) in [5.74, 6) is 0. The monoisotopic (exact) mass is 357 g/mol. The molecule has 0 amide bonds. The zero-order valence-corrected chi connectivity index (χ0v) is 14.5. The number of hydrogen-bond donors (Lipinski definition) is 1. The van der Waals surface area contributed by atoms with Gasteiger partial charge in [-0.2, -0.15) is 0 Å². The van der Waals surface area contributed by atoms with E-state index in [-0.39, 0.29) is 5.54 Å². The first-order valence-electron chi connectivity index (χ1n) is 7.51. The first kappa shape index (κ1) is 15.0. The average Bonchev–Trinajstić information content (AvgIpc) is 3.06. The van der Waals surface area contributed by atoms with Gasteiger partial charge in [0.25, 0.3) is 0 Å². The van der Waals surface area contributed by atoms with Crippen LogP contribution in [-0.4, -0.2) is 48.1 Å². The fraction of sp³-hybridized carbons (Fsp3) is 0.733. The molecule has 3 heterocycles. The molecule has 0 bridgehead atoms. The van der Waals surface area contributed by atoms with Gasteiger partial charge in [0.15, 0.2) is 0 Å². The van der Waals surface area contributed by atoms with Crippen LogP contribution in [0.15, 0.2) is 15.2 Å². The standard InChI is InChI=1S/C15H24BrN3S/c1-18(9-12-7-14(16)20-10-12)15(11-17)4-6-19-5-2-3-13(19)8-15/h7,10,13H,2-6,8-9,11,17H2,1H3. The molecule has 2 aliphatic rings. The molecule has 3 rings (SSSR count). The van der Waals surface area contributed by atoms with Crippen molar-refractivity contribution in [3.05, 3.63) is 20.8 Å². The summed E-state index contributed by atoms with van der Waals surface area (Å²) in [5, 5.41) is 2.25. The smallest absolute Gasteiger partial charge is 0.0701 e. The molecule has 112 valence electrons. The Labute approximate surface area is 134 Å². The molecule has 2 N–H and O–H groups in total. The van der Waals surface area contributed by atoms with Gasteiger partial charge in [0.1, 0.15) is 0 Å². The third-order valence-corrected chi connectivity index (χ3v) is 6.76. The van der Waals surface area contributed by atoms with Crippen LogP contribution in [0.5, 0.6) is 0 Å². The average molecular weight is 358 g/mol. The highest BCUT2D eigenvalue weighted by Gasteiger charge is 2.43. The number of halogens is 1. The normalized spacial score (nSPS) is 30.9. The van der Waals surface area contributed by atoms with Crippen molar-refractivity contribution < 1.29 is 0 Å². The molecule has 3 nitrogen and oxygen atoms in total. The minimum absolute atomic E-state index is 0.194. The SMILES string of the molecule is CN(Cc1csc(Br)c1)C1(CN)CCN2CCCC2C1. The van der Waals surface area contributed by atoms with E-state index < -0.39 is 0 Å². The Morgan fingerprint density at radius 2 is 2.40 bits per heavy atom. The summed E-state index contributed by atoms with van der Waals surface area (Å²) in [4.78, 5) is 5.18. The Kier molecular flexibility index (Phi) is 4.53. The van der Waals surface area contributed by atoms with E-state index in [9.17, 15) is 0 Å². The Hall–Kier alpha value is 0.0600. The van der Waals surface area contributed by atoms with Crippen LogP contribution in [0.3, 0.4) is 0 Å². The number of hydrogen-bond acceptors (Lipinski definition) is 4. The number of likely N-dealkylation sites (N-methyl/N-ethyl adjacent to an activating group) is 1. The van der Waals surface area contributed by atoms with Gasteiger partial charge in [-0.1, -0.05) is 0 Å². The van der Waals surface area contributed by atoms with Gasteiger partial charge in [0.05, 0.1) is 3.79 Å². The van der Waals surface area contributed by atoms with E-state index in [1.54, 1.807) is 11.3 Å². The lowest BCUT2D eigenvalue weighted by atomic mass is 9.81. The second-order valence-corrected chi connectivity index (χ2v) is 8.62. The van der Waals surface area contributed by atoms with Crippen LogP contribution in [0.25, 0.3) is 0 Å². The van der Waals surface area contributed by atoms with Crippen LogP contribution >= 0.6 is 27.3 Å². The second-order valence-electron chi connectivity index (χ2n) is 6.33. The largest absolute Gasteiger partial charge is 0.329 e. The van der Waals surface area contributed by atoms with Crippen molar-refractivity contribution in [1.29, 1.82) is 0 Å². The summed E-state index contributed by atoms with van der Waals surface area (Å²) in [5.41, 5.74) is 7.80. The van der Waals surface area contributed by atoms with E-state index in [1.807, 2.05) is 0 Å². The van der Waals surface area contributed by atoms with Crippen molar-refractivity contribution in [2.45, 2.75) is 43.8 Å². The fourth-order valence-electron chi connectivity index (χ4n) is 3.87. The van der Waals surface area contributed by atoms with Crippen molar-refractivity contribution >= 4 is 27.3 Å². The van der Waals surface area contributed by atoms with Crippen LogP contribution in [0.2, 0.25) is 0 Å². The maximum Gasteiger partial charge on any atom is 0.0701 e. The number of fused-ring (bicyclic) bond motifs is 1. The van der Waals surface area contributed by atoms with Crippen LogP contribution in [0.4, 0.5) is 0 Å². The first-order chi connectivity index (χ1) is 9.63. The highest BCUT2D eigenvalue weighted by atomic mass is 79.9.